The highest BCUT2D eigenvalue weighted by atomic mass is 19.1. The van der Waals surface area contributed by atoms with Gasteiger partial charge < -0.3 is 10.1 Å². The van der Waals surface area contributed by atoms with Gasteiger partial charge >= 0.3 is 0 Å². The molecule has 0 unspecified atom stereocenters. The molecule has 148 valence electrons. The van der Waals surface area contributed by atoms with Gasteiger partial charge in [-0.05, 0) is 36.8 Å². The van der Waals surface area contributed by atoms with Gasteiger partial charge in [-0.3, -0.25) is 25.2 Å². The van der Waals surface area contributed by atoms with E-state index in [1.54, 1.807) is 24.3 Å². The van der Waals surface area contributed by atoms with Crippen molar-refractivity contribution in [3.05, 3.63) is 66.0 Å². The van der Waals surface area contributed by atoms with Crippen LogP contribution in [0.2, 0.25) is 0 Å². The van der Waals surface area contributed by atoms with Gasteiger partial charge in [-0.1, -0.05) is 30.3 Å². The Morgan fingerprint density at radius 1 is 1.00 bits per heavy atom. The third-order valence-corrected chi connectivity index (χ3v) is 3.79. The Hall–Kier alpha value is -3.42. The third-order valence-electron chi connectivity index (χ3n) is 3.79. The summed E-state index contributed by atoms with van der Waals surface area (Å²) < 4.78 is 18.3. The van der Waals surface area contributed by atoms with E-state index in [0.717, 1.165) is 5.56 Å². The van der Waals surface area contributed by atoms with Crippen LogP contribution in [0, 0.1) is 5.82 Å². The summed E-state index contributed by atoms with van der Waals surface area (Å²) in [6.07, 6.45) is -0.970. The van der Waals surface area contributed by atoms with Crippen molar-refractivity contribution in [2.24, 2.45) is 0 Å². The molecule has 0 aliphatic heterocycles. The lowest BCUT2D eigenvalue weighted by atomic mass is 10.0. The molecule has 2 aromatic rings. The van der Waals surface area contributed by atoms with Crippen molar-refractivity contribution in [1.82, 2.24) is 16.2 Å². The van der Waals surface area contributed by atoms with Crippen LogP contribution >= 0.6 is 0 Å². The van der Waals surface area contributed by atoms with Gasteiger partial charge in [-0.25, -0.2) is 4.39 Å². The van der Waals surface area contributed by atoms with Crippen molar-refractivity contribution >= 4 is 17.7 Å². The second kappa shape index (κ2) is 10.1. The van der Waals surface area contributed by atoms with E-state index >= 15 is 0 Å². The lowest BCUT2D eigenvalue weighted by Crippen LogP contribution is -2.48. The Bertz CT molecular complexity index is 812. The van der Waals surface area contributed by atoms with Crippen molar-refractivity contribution in [3.63, 3.8) is 0 Å². The molecule has 2 atom stereocenters. The van der Waals surface area contributed by atoms with E-state index in [9.17, 15) is 18.8 Å². The Morgan fingerprint density at radius 3 is 2.25 bits per heavy atom. The van der Waals surface area contributed by atoms with Crippen LogP contribution in [0.4, 0.5) is 4.39 Å². The summed E-state index contributed by atoms with van der Waals surface area (Å²) in [5.74, 6) is -1.42. The highest BCUT2D eigenvalue weighted by molar-refractivity contribution is 5.85. The van der Waals surface area contributed by atoms with Gasteiger partial charge in [-0.15, -0.1) is 0 Å². The highest BCUT2D eigenvalue weighted by Gasteiger charge is 2.19. The van der Waals surface area contributed by atoms with Crippen molar-refractivity contribution in [3.8, 4) is 5.75 Å². The van der Waals surface area contributed by atoms with E-state index in [0.29, 0.717) is 5.75 Å². The summed E-state index contributed by atoms with van der Waals surface area (Å²) in [5.41, 5.74) is 5.35. The number of nitrogens with one attached hydrogen (secondary N) is 3. The normalized spacial score (nSPS) is 12.4. The first-order valence-electron chi connectivity index (χ1n) is 8.68. The number of amides is 3. The molecule has 7 nitrogen and oxygen atoms in total. The molecule has 0 fully saturated rings. The largest absolute Gasteiger partial charge is 0.481 e. The predicted octanol–water partition coefficient (Wildman–Crippen LogP) is 2.01. The van der Waals surface area contributed by atoms with Crippen LogP contribution in [0.15, 0.2) is 54.6 Å². The Labute approximate surface area is 162 Å². The first-order chi connectivity index (χ1) is 13.3. The molecule has 8 heteroatoms. The Morgan fingerprint density at radius 2 is 1.64 bits per heavy atom. The minimum Gasteiger partial charge on any atom is -0.481 e. The molecule has 2 rings (SSSR count). The molecule has 3 N–H and O–H groups in total. The van der Waals surface area contributed by atoms with E-state index in [-0.39, 0.29) is 12.3 Å². The number of benzene rings is 2. The molecule has 0 spiro atoms. The monoisotopic (exact) mass is 387 g/mol. The number of hydrogen-bond acceptors (Lipinski definition) is 4. The molecule has 0 saturated heterocycles. The summed E-state index contributed by atoms with van der Waals surface area (Å²) in [6, 6.07) is 13.7. The summed E-state index contributed by atoms with van der Waals surface area (Å²) in [5, 5.41) is 2.71. The molecule has 0 bridgehead atoms. The molecule has 3 amide bonds. The molecule has 0 heterocycles. The van der Waals surface area contributed by atoms with Crippen LogP contribution in [0.5, 0.6) is 5.75 Å². The number of carbonyl (C=O) groups is 3. The fraction of sp³-hybridized carbons (Fsp3) is 0.250. The van der Waals surface area contributed by atoms with Crippen LogP contribution in [0.1, 0.15) is 31.9 Å². The van der Waals surface area contributed by atoms with Crippen molar-refractivity contribution in [2.75, 3.05) is 0 Å². The lowest BCUT2D eigenvalue weighted by Gasteiger charge is -2.19. The summed E-state index contributed by atoms with van der Waals surface area (Å²) >= 11 is 0. The van der Waals surface area contributed by atoms with Gasteiger partial charge in [0.25, 0.3) is 5.91 Å². The number of carbonyl (C=O) groups excluding carboxylic acids is 3. The average Bonchev–Trinajstić information content (AvgIpc) is 2.67. The molecule has 0 aliphatic rings. The summed E-state index contributed by atoms with van der Waals surface area (Å²) in [7, 11) is 0. The molecular weight excluding hydrogens is 365 g/mol. The Balaban J connectivity index is 1.86. The fourth-order valence-electron chi connectivity index (χ4n) is 2.42. The maximum atomic E-state index is 12.9. The van der Waals surface area contributed by atoms with Crippen molar-refractivity contribution in [1.29, 1.82) is 0 Å². The standard InChI is InChI=1S/C20H22FN3O4/c1-13(28-17-10-8-16(21)9-11-17)20(27)24-23-19(26)12-18(22-14(2)25)15-6-4-3-5-7-15/h3-11,13,18H,12H2,1-2H3,(H,22,25)(H,23,26)(H,24,27)/t13-,18-/m1/s1. The summed E-state index contributed by atoms with van der Waals surface area (Å²) in [4.78, 5) is 35.6. The second-order valence-corrected chi connectivity index (χ2v) is 6.12. The highest BCUT2D eigenvalue weighted by Crippen LogP contribution is 2.16. The van der Waals surface area contributed by atoms with E-state index in [2.05, 4.69) is 16.2 Å². The zero-order valence-corrected chi connectivity index (χ0v) is 15.6. The van der Waals surface area contributed by atoms with Gasteiger partial charge in [0.2, 0.25) is 11.8 Å². The maximum Gasteiger partial charge on any atom is 0.279 e. The van der Waals surface area contributed by atoms with E-state index < -0.39 is 29.8 Å². The van der Waals surface area contributed by atoms with E-state index in [1.165, 1.54) is 38.1 Å². The number of rotatable bonds is 7. The second-order valence-electron chi connectivity index (χ2n) is 6.12. The zero-order chi connectivity index (χ0) is 20.5. The predicted molar refractivity (Wildman–Crippen MR) is 100 cm³/mol. The first kappa shape index (κ1) is 20.9. The van der Waals surface area contributed by atoms with Crippen LogP contribution in [0.3, 0.4) is 0 Å². The maximum absolute atomic E-state index is 12.9. The minimum atomic E-state index is -0.911. The van der Waals surface area contributed by atoms with Gasteiger partial charge in [0.05, 0.1) is 12.5 Å². The number of ether oxygens (including phenoxy) is 1. The van der Waals surface area contributed by atoms with E-state index in [4.69, 9.17) is 4.74 Å². The lowest BCUT2D eigenvalue weighted by molar-refractivity contribution is -0.133. The SMILES string of the molecule is CC(=O)N[C@H](CC(=O)NNC(=O)[C@@H](C)Oc1ccc(F)cc1)c1ccccc1. The van der Waals surface area contributed by atoms with Crippen LogP contribution in [-0.2, 0) is 14.4 Å². The quantitative estimate of drug-likeness (QED) is 0.633. The average molecular weight is 387 g/mol. The van der Waals surface area contributed by atoms with Gasteiger partial charge in [0.1, 0.15) is 11.6 Å². The van der Waals surface area contributed by atoms with Crippen LogP contribution in [0.25, 0.3) is 0 Å². The number of hydrogen-bond donors (Lipinski definition) is 3. The van der Waals surface area contributed by atoms with Gasteiger partial charge in [0.15, 0.2) is 6.10 Å². The molecule has 0 aromatic heterocycles. The van der Waals surface area contributed by atoms with Crippen LogP contribution < -0.4 is 20.9 Å². The van der Waals surface area contributed by atoms with Crippen LogP contribution in [-0.4, -0.2) is 23.8 Å². The third kappa shape index (κ3) is 6.71. The molecule has 0 radical (unpaired) electrons. The molecule has 2 aromatic carbocycles. The molecule has 0 aliphatic carbocycles. The van der Waals surface area contributed by atoms with Gasteiger partial charge in [-0.2, -0.15) is 0 Å². The summed E-state index contributed by atoms with van der Waals surface area (Å²) in [6.45, 7) is 2.86. The zero-order valence-electron chi connectivity index (χ0n) is 15.6. The minimum absolute atomic E-state index is 0.0585. The fourth-order valence-corrected chi connectivity index (χ4v) is 2.42. The molecule has 0 saturated carbocycles. The Kier molecular flexibility index (Phi) is 7.50. The topological polar surface area (TPSA) is 96.5 Å². The molecule has 28 heavy (non-hydrogen) atoms. The number of hydrazine groups is 1. The van der Waals surface area contributed by atoms with Crippen molar-refractivity contribution < 1.29 is 23.5 Å². The smallest absolute Gasteiger partial charge is 0.279 e. The first-order valence-corrected chi connectivity index (χ1v) is 8.68. The molecular formula is C20H22FN3O4. The van der Waals surface area contributed by atoms with Gasteiger partial charge in [0, 0.05) is 6.92 Å². The van der Waals surface area contributed by atoms with E-state index in [1.807, 2.05) is 6.07 Å². The van der Waals surface area contributed by atoms with Crippen molar-refractivity contribution in [2.45, 2.75) is 32.4 Å². The number of halogens is 1.